The first-order valence-corrected chi connectivity index (χ1v) is 4.98. The van der Waals surface area contributed by atoms with Gasteiger partial charge in [-0.3, -0.25) is 0 Å². The molecule has 1 N–H and O–H groups in total. The minimum Gasteiger partial charge on any atom is -0.380 e. The van der Waals surface area contributed by atoms with E-state index in [0.717, 1.165) is 18.5 Å². The molecule has 0 aromatic rings. The van der Waals surface area contributed by atoms with Crippen molar-refractivity contribution in [2.24, 2.45) is 5.92 Å². The van der Waals surface area contributed by atoms with Crippen LogP contribution in [0.5, 0.6) is 0 Å². The smallest absolute Gasteiger partial charge is 0.0667 e. The van der Waals surface area contributed by atoms with E-state index in [1.807, 2.05) is 0 Å². The minimum absolute atomic E-state index is 0.348. The van der Waals surface area contributed by atoms with E-state index in [9.17, 15) is 0 Å². The van der Waals surface area contributed by atoms with Gasteiger partial charge in [-0.25, -0.2) is 0 Å². The molecule has 0 spiro atoms. The summed E-state index contributed by atoms with van der Waals surface area (Å²) < 4.78 is 5.17. The summed E-state index contributed by atoms with van der Waals surface area (Å²) in [4.78, 5) is 0. The Hall–Kier alpha value is -0.0800. The van der Waals surface area contributed by atoms with Gasteiger partial charge in [0.1, 0.15) is 0 Å². The third-order valence-electron chi connectivity index (χ3n) is 2.79. The van der Waals surface area contributed by atoms with Crippen molar-refractivity contribution in [1.82, 2.24) is 5.32 Å². The SMILES string of the molecule is COC(C)CNC1CCC(C)C1. The highest BCUT2D eigenvalue weighted by molar-refractivity contribution is 4.78. The molecule has 72 valence electrons. The normalized spacial score (nSPS) is 32.2. The van der Waals surface area contributed by atoms with Gasteiger partial charge in [0.2, 0.25) is 0 Å². The van der Waals surface area contributed by atoms with Crippen molar-refractivity contribution in [3.05, 3.63) is 0 Å². The highest BCUT2D eigenvalue weighted by Gasteiger charge is 2.20. The lowest BCUT2D eigenvalue weighted by Gasteiger charge is -2.15. The zero-order chi connectivity index (χ0) is 8.97. The van der Waals surface area contributed by atoms with Crippen molar-refractivity contribution in [3.8, 4) is 0 Å². The molecule has 3 unspecified atom stereocenters. The zero-order valence-corrected chi connectivity index (χ0v) is 8.47. The summed E-state index contributed by atoms with van der Waals surface area (Å²) in [6, 6.07) is 0.748. The van der Waals surface area contributed by atoms with Crippen molar-refractivity contribution >= 4 is 0 Å². The van der Waals surface area contributed by atoms with Crippen LogP contribution in [0.25, 0.3) is 0 Å². The Morgan fingerprint density at radius 3 is 2.75 bits per heavy atom. The molecule has 0 amide bonds. The molecule has 0 heterocycles. The molecule has 2 heteroatoms. The van der Waals surface area contributed by atoms with Gasteiger partial charge in [0, 0.05) is 19.7 Å². The van der Waals surface area contributed by atoms with Crippen LogP contribution in [0.15, 0.2) is 0 Å². The molecule has 0 bridgehead atoms. The number of nitrogens with one attached hydrogen (secondary N) is 1. The van der Waals surface area contributed by atoms with Crippen molar-refractivity contribution in [2.75, 3.05) is 13.7 Å². The van der Waals surface area contributed by atoms with Crippen molar-refractivity contribution in [2.45, 2.75) is 45.3 Å². The third-order valence-corrected chi connectivity index (χ3v) is 2.79. The maximum absolute atomic E-state index is 5.17. The molecule has 3 atom stereocenters. The van der Waals surface area contributed by atoms with Gasteiger partial charge in [0.05, 0.1) is 6.10 Å². The highest BCUT2D eigenvalue weighted by atomic mass is 16.5. The van der Waals surface area contributed by atoms with Crippen LogP contribution < -0.4 is 5.32 Å². The minimum atomic E-state index is 0.348. The molecule has 1 rings (SSSR count). The third kappa shape index (κ3) is 3.11. The maximum Gasteiger partial charge on any atom is 0.0667 e. The molecular weight excluding hydrogens is 150 g/mol. The summed E-state index contributed by atoms with van der Waals surface area (Å²) in [5, 5.41) is 3.54. The number of hydrogen-bond donors (Lipinski definition) is 1. The molecule has 2 nitrogen and oxygen atoms in total. The molecule has 0 aromatic carbocycles. The Labute approximate surface area is 75.7 Å². The van der Waals surface area contributed by atoms with Crippen molar-refractivity contribution in [3.63, 3.8) is 0 Å². The van der Waals surface area contributed by atoms with Crippen molar-refractivity contribution < 1.29 is 4.74 Å². The second-order valence-electron chi connectivity index (χ2n) is 4.07. The number of rotatable bonds is 4. The standard InChI is InChI=1S/C10H21NO/c1-8-4-5-10(6-8)11-7-9(2)12-3/h8-11H,4-7H2,1-3H3. The zero-order valence-electron chi connectivity index (χ0n) is 8.47. The first-order chi connectivity index (χ1) is 5.72. The Kier molecular flexibility index (Phi) is 4.02. The predicted molar refractivity (Wildman–Crippen MR) is 51.3 cm³/mol. The number of hydrogen-bond acceptors (Lipinski definition) is 2. The molecule has 0 aliphatic heterocycles. The van der Waals surface area contributed by atoms with Crippen LogP contribution in [0.3, 0.4) is 0 Å². The summed E-state index contributed by atoms with van der Waals surface area (Å²) in [5.74, 6) is 0.917. The van der Waals surface area contributed by atoms with Gasteiger partial charge >= 0.3 is 0 Å². The van der Waals surface area contributed by atoms with Gasteiger partial charge < -0.3 is 10.1 Å². The van der Waals surface area contributed by atoms with Gasteiger partial charge in [0.25, 0.3) is 0 Å². The van der Waals surface area contributed by atoms with Crippen LogP contribution in [0.2, 0.25) is 0 Å². The predicted octanol–water partition coefficient (Wildman–Crippen LogP) is 1.80. The van der Waals surface area contributed by atoms with Crippen LogP contribution in [-0.4, -0.2) is 25.8 Å². The van der Waals surface area contributed by atoms with Crippen LogP contribution in [0.4, 0.5) is 0 Å². The van der Waals surface area contributed by atoms with Crippen LogP contribution >= 0.6 is 0 Å². The largest absolute Gasteiger partial charge is 0.380 e. The van der Waals surface area contributed by atoms with E-state index in [1.165, 1.54) is 19.3 Å². The molecule has 0 saturated heterocycles. The molecule has 12 heavy (non-hydrogen) atoms. The lowest BCUT2D eigenvalue weighted by Crippen LogP contribution is -2.33. The van der Waals surface area contributed by atoms with E-state index in [-0.39, 0.29) is 0 Å². The van der Waals surface area contributed by atoms with E-state index < -0.39 is 0 Å². The molecule has 1 aliphatic rings. The highest BCUT2D eigenvalue weighted by Crippen LogP contribution is 2.24. The van der Waals surface area contributed by atoms with Gasteiger partial charge in [0.15, 0.2) is 0 Å². The Bertz CT molecular complexity index is 127. The Morgan fingerprint density at radius 1 is 1.50 bits per heavy atom. The summed E-state index contributed by atoms with van der Waals surface area (Å²) in [7, 11) is 1.77. The van der Waals surface area contributed by atoms with E-state index in [0.29, 0.717) is 6.10 Å². The number of ether oxygens (including phenoxy) is 1. The second-order valence-corrected chi connectivity index (χ2v) is 4.07. The van der Waals surface area contributed by atoms with Crippen molar-refractivity contribution in [1.29, 1.82) is 0 Å². The molecule has 1 fully saturated rings. The van der Waals surface area contributed by atoms with Crippen LogP contribution in [0.1, 0.15) is 33.1 Å². The molecule has 1 aliphatic carbocycles. The van der Waals surface area contributed by atoms with Crippen LogP contribution in [0, 0.1) is 5.92 Å². The Balaban J connectivity index is 2.07. The van der Waals surface area contributed by atoms with Gasteiger partial charge in [-0.2, -0.15) is 0 Å². The number of methoxy groups -OCH3 is 1. The molecular formula is C10H21NO. The molecule has 0 aromatic heterocycles. The van der Waals surface area contributed by atoms with E-state index in [2.05, 4.69) is 19.2 Å². The fraction of sp³-hybridized carbons (Fsp3) is 1.00. The quantitative estimate of drug-likeness (QED) is 0.696. The first kappa shape index (κ1) is 10.0. The average Bonchev–Trinajstić information content (AvgIpc) is 2.47. The Morgan fingerprint density at radius 2 is 2.25 bits per heavy atom. The maximum atomic E-state index is 5.17. The summed E-state index contributed by atoms with van der Waals surface area (Å²) in [5.41, 5.74) is 0. The average molecular weight is 171 g/mol. The van der Waals surface area contributed by atoms with E-state index >= 15 is 0 Å². The molecule has 1 saturated carbocycles. The topological polar surface area (TPSA) is 21.3 Å². The molecule has 0 radical (unpaired) electrons. The van der Waals surface area contributed by atoms with Crippen LogP contribution in [-0.2, 0) is 4.74 Å². The fourth-order valence-corrected chi connectivity index (χ4v) is 1.81. The summed E-state index contributed by atoms with van der Waals surface area (Å²) in [6.07, 6.45) is 4.42. The first-order valence-electron chi connectivity index (χ1n) is 4.98. The summed E-state index contributed by atoms with van der Waals surface area (Å²) >= 11 is 0. The van der Waals surface area contributed by atoms with Gasteiger partial charge in [-0.15, -0.1) is 0 Å². The lowest BCUT2D eigenvalue weighted by atomic mass is 10.1. The second kappa shape index (κ2) is 4.83. The van der Waals surface area contributed by atoms with E-state index in [1.54, 1.807) is 7.11 Å². The lowest BCUT2D eigenvalue weighted by molar-refractivity contribution is 0.114. The van der Waals surface area contributed by atoms with E-state index in [4.69, 9.17) is 4.74 Å². The monoisotopic (exact) mass is 171 g/mol. The summed E-state index contributed by atoms with van der Waals surface area (Å²) in [6.45, 7) is 5.43. The fourth-order valence-electron chi connectivity index (χ4n) is 1.81. The van der Waals surface area contributed by atoms with Gasteiger partial charge in [-0.05, 0) is 32.1 Å². The van der Waals surface area contributed by atoms with Gasteiger partial charge in [-0.1, -0.05) is 6.92 Å².